The van der Waals surface area contributed by atoms with Crippen LogP contribution in [0.5, 0.6) is 0 Å². The average molecular weight is 1010 g/mol. The summed E-state index contributed by atoms with van der Waals surface area (Å²) in [5, 5.41) is 56.0. The molecule has 14 N–H and O–H groups in total. The van der Waals surface area contributed by atoms with Crippen LogP contribution in [0.15, 0.2) is 111 Å². The Morgan fingerprint density at radius 2 is 1.22 bits per heavy atom. The molecule has 0 bridgehead atoms. The number of unbranched alkanes of at least 4 members (excludes halogenated alkanes) is 2. The molecule has 3 unspecified atom stereocenters. The van der Waals surface area contributed by atoms with Crippen LogP contribution in [0.3, 0.4) is 0 Å². The van der Waals surface area contributed by atoms with Crippen molar-refractivity contribution in [1.29, 1.82) is 0 Å². The number of aromatic nitrogens is 8. The number of anilines is 2. The van der Waals surface area contributed by atoms with Gasteiger partial charge in [0.1, 0.15) is 24.2 Å². The van der Waals surface area contributed by atoms with E-state index in [9.17, 15) is 9.90 Å². The van der Waals surface area contributed by atoms with E-state index in [1.807, 2.05) is 19.3 Å². The molecule has 0 aliphatic heterocycles. The van der Waals surface area contributed by atoms with Gasteiger partial charge in [-0.05, 0) is 97.1 Å². The highest BCUT2D eigenvalue weighted by Gasteiger charge is 2.09. The fraction of sp³-hybridized carbons (Fsp3) is 0.549. The number of nitrogens with one attached hydrogen (secondary N) is 7. The fourth-order valence-corrected chi connectivity index (χ4v) is 5.22. The van der Waals surface area contributed by atoms with E-state index in [0.29, 0.717) is 85.4 Å². The first kappa shape index (κ1) is 68.0. The molecule has 1 amide bonds. The van der Waals surface area contributed by atoms with Crippen LogP contribution in [0.4, 0.5) is 16.7 Å². The summed E-state index contributed by atoms with van der Waals surface area (Å²) in [5.41, 5.74) is 14.3. The molecule has 0 aromatic carbocycles. The Kier molecular flexibility index (Phi) is 43.5. The first-order valence-corrected chi connectivity index (χ1v) is 24.7. The molecule has 406 valence electrons. The van der Waals surface area contributed by atoms with Crippen LogP contribution in [0, 0.1) is 0 Å². The van der Waals surface area contributed by atoms with E-state index in [1.54, 1.807) is 24.5 Å². The van der Waals surface area contributed by atoms with Crippen molar-refractivity contribution in [2.45, 2.75) is 131 Å². The maximum atomic E-state index is 11.4. The predicted octanol–water partition coefficient (Wildman–Crippen LogP) is 6.59. The summed E-state index contributed by atoms with van der Waals surface area (Å²) in [6.45, 7) is 35.0. The first-order valence-electron chi connectivity index (χ1n) is 24.7. The van der Waals surface area contributed by atoms with Crippen molar-refractivity contribution >= 4 is 18.0 Å². The van der Waals surface area contributed by atoms with Crippen LogP contribution in [-0.4, -0.2) is 133 Å². The number of carbonyl (C=O) groups is 1. The Hall–Kier alpha value is -6.07. The smallest absolute Gasteiger partial charge is 0.412 e. The topological polar surface area (TPSA) is 317 Å². The standard InChI is InChI=1S/2C13H23N5O.C13H22N2O2.C12H23N3O2/c2*1-4-12(5-6-19)18-13-14-7-11(10(2)3)8-16-17-9-15-13;1-4-6-7-8-15-13(16)17-12(5-2)9-11(3)10-14;1-4-11(8-10(3)9-13)17-12(16)15-7-6-14-5-2/h2*7-10,12,16,19H,4-6H2,1-3H3,(H,15,17,18);5,9H,2-4,6-8,10,14H2,1H3,(H,15,16);4,8,12,14-16H,1,3,5-7,9,13H2,2H3/b;;12-9+;11-8+. The molecule has 3 atom stereocenters. The second-order valence-electron chi connectivity index (χ2n) is 16.3. The zero-order valence-corrected chi connectivity index (χ0v) is 44.5. The van der Waals surface area contributed by atoms with Gasteiger partial charge in [-0.3, -0.25) is 15.5 Å². The summed E-state index contributed by atoms with van der Waals surface area (Å²) in [4.78, 5) is 28.4. The lowest BCUT2D eigenvalue weighted by Gasteiger charge is -2.15. The summed E-state index contributed by atoms with van der Waals surface area (Å²) in [6, 6.07) is 0.323. The number of carbonyl (C=O) groups excluding carboxylic acids is 1. The van der Waals surface area contributed by atoms with Gasteiger partial charge in [0, 0.05) is 82.8 Å². The molecule has 0 spiro atoms. The van der Waals surface area contributed by atoms with E-state index in [-0.39, 0.29) is 25.3 Å². The van der Waals surface area contributed by atoms with E-state index < -0.39 is 12.5 Å². The van der Waals surface area contributed by atoms with Crippen LogP contribution >= 0.6 is 0 Å². The molecular weight excluding hydrogens is 919 g/mol. The van der Waals surface area contributed by atoms with Crippen LogP contribution in [0.2, 0.25) is 0 Å². The van der Waals surface area contributed by atoms with Crippen molar-refractivity contribution in [2.75, 3.05) is 63.1 Å². The van der Waals surface area contributed by atoms with Crippen LogP contribution < -0.4 is 38.1 Å². The van der Waals surface area contributed by atoms with Crippen LogP contribution in [-0.2, 0) is 9.47 Å². The van der Waals surface area contributed by atoms with Gasteiger partial charge in [0.05, 0.1) is 0 Å². The van der Waals surface area contributed by atoms with Gasteiger partial charge in [-0.1, -0.05) is 94.5 Å². The van der Waals surface area contributed by atoms with E-state index in [0.717, 1.165) is 56.3 Å². The Morgan fingerprint density at radius 3 is 1.62 bits per heavy atom. The molecule has 0 saturated heterocycles. The number of ether oxygens (including phenoxy) is 2. The van der Waals surface area contributed by atoms with Crippen molar-refractivity contribution in [3.63, 3.8) is 0 Å². The third-order valence-electron chi connectivity index (χ3n) is 9.70. The number of aliphatic hydroxyl groups excluding tert-OH is 3. The van der Waals surface area contributed by atoms with Gasteiger partial charge in [-0.25, -0.2) is 14.8 Å². The molecule has 72 heavy (non-hydrogen) atoms. The van der Waals surface area contributed by atoms with Crippen LogP contribution in [0.1, 0.15) is 123 Å². The second-order valence-corrected chi connectivity index (χ2v) is 16.3. The maximum absolute atomic E-state index is 11.4. The van der Waals surface area contributed by atoms with E-state index in [1.165, 1.54) is 24.8 Å². The quantitative estimate of drug-likeness (QED) is 0.0170. The van der Waals surface area contributed by atoms with Gasteiger partial charge in [-0.15, -0.1) is 0 Å². The van der Waals surface area contributed by atoms with E-state index in [2.05, 4.69) is 142 Å². The molecule has 2 rings (SSSR count). The van der Waals surface area contributed by atoms with Gasteiger partial charge in [0.25, 0.3) is 6.41 Å². The second kappa shape index (κ2) is 46.0. The highest BCUT2D eigenvalue weighted by molar-refractivity contribution is 5.68. The fourth-order valence-electron chi connectivity index (χ4n) is 5.22. The number of nitrogens with zero attached hydrogens (tertiary/aromatic N) is 6. The monoisotopic (exact) mass is 1010 g/mol. The van der Waals surface area contributed by atoms with Gasteiger partial charge < -0.3 is 57.5 Å². The number of nitrogens with two attached hydrogens (primary N) is 2. The SMILES string of the molecule is C=C/C(=C\C(=C)CN)OC(=O)NCCCCC.C=C/C(=C\C(=C)CN)OC(O)NCCNCC.CCC(CCO)Nc1ncn[nH]cc(C(C)C)cn1.CCC(CCO)Nc1ncn[nH]cc(C(C)C)cn1. The zero-order chi connectivity index (χ0) is 54.4. The molecule has 0 radical (unpaired) electrons. The number of hydrogen-bond donors (Lipinski definition) is 12. The molecule has 2 aromatic rings. The van der Waals surface area contributed by atoms with E-state index in [4.69, 9.17) is 31.2 Å². The molecule has 21 heteroatoms. The minimum atomic E-state index is -1.07. The number of allylic oxidation sites excluding steroid dienone is 2. The number of amides is 1. The van der Waals surface area contributed by atoms with Crippen molar-refractivity contribution in [3.8, 4) is 0 Å². The lowest BCUT2D eigenvalue weighted by molar-refractivity contribution is -0.0837. The maximum Gasteiger partial charge on any atom is 0.412 e. The average Bonchev–Trinajstić information content (AvgIpc) is 3.57. The van der Waals surface area contributed by atoms with Gasteiger partial charge in [0.15, 0.2) is 0 Å². The minimum Gasteiger partial charge on any atom is -0.452 e. The lowest BCUT2D eigenvalue weighted by atomic mass is 10.1. The predicted molar refractivity (Wildman–Crippen MR) is 291 cm³/mol. The molecule has 21 nitrogen and oxygen atoms in total. The van der Waals surface area contributed by atoms with Crippen molar-refractivity contribution in [2.24, 2.45) is 11.5 Å². The summed E-state index contributed by atoms with van der Waals surface area (Å²) < 4.78 is 10.2. The Bertz CT molecular complexity index is 1860. The Balaban J connectivity index is 0. The number of hydrogen-bond acceptors (Lipinski definition) is 18. The number of alkyl carbamates (subject to hydrolysis) is 1. The molecule has 0 saturated carbocycles. The highest BCUT2D eigenvalue weighted by Crippen LogP contribution is 2.12. The number of rotatable bonds is 30. The number of likely N-dealkylation sites (N-methyl/N-ethyl adjacent to an activating group) is 1. The molecular formula is C51H91N15O6. The van der Waals surface area contributed by atoms with Crippen molar-refractivity contribution in [1.82, 2.24) is 56.3 Å². The summed E-state index contributed by atoms with van der Waals surface area (Å²) >= 11 is 0. The number of aliphatic hydroxyl groups is 3. The molecule has 0 fully saturated rings. The van der Waals surface area contributed by atoms with Gasteiger partial charge >= 0.3 is 6.09 Å². The normalized spacial score (nSPS) is 12.0. The Labute approximate surface area is 429 Å². The molecule has 0 aliphatic rings. The van der Waals surface area contributed by atoms with Crippen molar-refractivity contribution < 1.29 is 29.6 Å². The summed E-state index contributed by atoms with van der Waals surface area (Å²) in [7, 11) is 0. The summed E-state index contributed by atoms with van der Waals surface area (Å²) in [6.07, 6.45) is 21.0. The molecule has 2 heterocycles. The summed E-state index contributed by atoms with van der Waals surface area (Å²) in [5.74, 6) is 2.52. The largest absolute Gasteiger partial charge is 0.452 e. The van der Waals surface area contributed by atoms with Gasteiger partial charge in [-0.2, -0.15) is 20.2 Å². The first-order chi connectivity index (χ1) is 34.6. The molecule has 2 aromatic heterocycles. The highest BCUT2D eigenvalue weighted by atomic mass is 16.6. The molecule has 0 aliphatic carbocycles. The zero-order valence-electron chi connectivity index (χ0n) is 44.5. The third-order valence-corrected chi connectivity index (χ3v) is 9.70. The third kappa shape index (κ3) is 37.7. The lowest BCUT2D eigenvalue weighted by Crippen LogP contribution is -2.36. The van der Waals surface area contributed by atoms with E-state index >= 15 is 0 Å². The number of aromatic amines is 2. The van der Waals surface area contributed by atoms with Gasteiger partial charge in [0.2, 0.25) is 11.9 Å². The number of H-pyrrole nitrogens is 2. The minimum absolute atomic E-state index is 0.148. The van der Waals surface area contributed by atoms with Crippen molar-refractivity contribution in [3.05, 3.63) is 122 Å². The Morgan fingerprint density at radius 1 is 0.736 bits per heavy atom. The van der Waals surface area contributed by atoms with Crippen LogP contribution in [0.25, 0.3) is 0 Å².